The predicted molar refractivity (Wildman–Crippen MR) is 110 cm³/mol. The van der Waals surface area contributed by atoms with Crippen molar-refractivity contribution < 1.29 is 14.3 Å². The number of methoxy groups -OCH3 is 1. The zero-order valence-corrected chi connectivity index (χ0v) is 16.7. The number of ether oxygens (including phenoxy) is 2. The SMILES string of the molecule is COc1ccccc1-c1ccc(C(=O)N2CCOC3(CCN(C)CC3)C2)cc1. The summed E-state index contributed by atoms with van der Waals surface area (Å²) in [4.78, 5) is 17.4. The maximum Gasteiger partial charge on any atom is 0.254 e. The number of nitrogens with zero attached hydrogens (tertiary/aromatic N) is 2. The molecule has 0 bridgehead atoms. The minimum atomic E-state index is -0.169. The summed E-state index contributed by atoms with van der Waals surface area (Å²) in [6, 6.07) is 15.8. The molecule has 0 saturated carbocycles. The molecule has 2 fully saturated rings. The van der Waals surface area contributed by atoms with Gasteiger partial charge >= 0.3 is 0 Å². The van der Waals surface area contributed by atoms with Crippen LogP contribution in [0.4, 0.5) is 0 Å². The zero-order chi connectivity index (χ0) is 19.6. The monoisotopic (exact) mass is 380 g/mol. The van der Waals surface area contributed by atoms with Crippen LogP contribution in [0.5, 0.6) is 5.75 Å². The molecule has 0 N–H and O–H groups in total. The highest BCUT2D eigenvalue weighted by molar-refractivity contribution is 5.95. The van der Waals surface area contributed by atoms with Crippen molar-refractivity contribution in [3.05, 3.63) is 54.1 Å². The Balaban J connectivity index is 1.49. The number of amides is 1. The lowest BCUT2D eigenvalue weighted by Gasteiger charge is -2.46. The zero-order valence-electron chi connectivity index (χ0n) is 16.7. The summed E-state index contributed by atoms with van der Waals surface area (Å²) in [6.45, 7) is 4.01. The fourth-order valence-electron chi connectivity index (χ4n) is 4.20. The summed E-state index contributed by atoms with van der Waals surface area (Å²) in [5, 5.41) is 0. The molecule has 2 aromatic carbocycles. The Bertz CT molecular complexity index is 826. The van der Waals surface area contributed by atoms with E-state index in [0.717, 1.165) is 48.4 Å². The largest absolute Gasteiger partial charge is 0.496 e. The van der Waals surface area contributed by atoms with Gasteiger partial charge in [0.2, 0.25) is 0 Å². The normalized spacial score (nSPS) is 19.6. The van der Waals surface area contributed by atoms with Crippen LogP contribution >= 0.6 is 0 Å². The van der Waals surface area contributed by atoms with Crippen molar-refractivity contribution in [2.45, 2.75) is 18.4 Å². The molecule has 148 valence electrons. The van der Waals surface area contributed by atoms with Crippen LogP contribution in [0.2, 0.25) is 0 Å². The molecule has 0 aliphatic carbocycles. The summed E-state index contributed by atoms with van der Waals surface area (Å²) in [5.41, 5.74) is 2.63. The Hall–Kier alpha value is -2.37. The first kappa shape index (κ1) is 19.0. The highest BCUT2D eigenvalue weighted by Crippen LogP contribution is 2.32. The van der Waals surface area contributed by atoms with Crippen LogP contribution in [0.15, 0.2) is 48.5 Å². The number of carbonyl (C=O) groups excluding carboxylic acids is 1. The van der Waals surface area contributed by atoms with Crippen molar-refractivity contribution >= 4 is 5.91 Å². The van der Waals surface area contributed by atoms with E-state index < -0.39 is 0 Å². The fourth-order valence-corrected chi connectivity index (χ4v) is 4.20. The molecule has 28 heavy (non-hydrogen) atoms. The Morgan fingerprint density at radius 3 is 2.46 bits per heavy atom. The molecule has 1 amide bonds. The van der Waals surface area contributed by atoms with Gasteiger partial charge in [-0.25, -0.2) is 0 Å². The lowest BCUT2D eigenvalue weighted by molar-refractivity contribution is -0.125. The Kier molecular flexibility index (Phi) is 5.38. The van der Waals surface area contributed by atoms with Crippen LogP contribution < -0.4 is 4.74 Å². The van der Waals surface area contributed by atoms with Crippen LogP contribution in [0.3, 0.4) is 0 Å². The Labute approximate surface area is 166 Å². The summed E-state index contributed by atoms with van der Waals surface area (Å²) in [5.74, 6) is 0.923. The molecule has 0 aromatic heterocycles. The van der Waals surface area contributed by atoms with E-state index in [0.29, 0.717) is 19.7 Å². The topological polar surface area (TPSA) is 42.0 Å². The first-order valence-electron chi connectivity index (χ1n) is 9.95. The number of benzene rings is 2. The van der Waals surface area contributed by atoms with E-state index in [1.165, 1.54) is 0 Å². The first-order valence-corrected chi connectivity index (χ1v) is 9.95. The number of morpholine rings is 1. The summed E-state index contributed by atoms with van der Waals surface area (Å²) in [7, 11) is 3.82. The van der Waals surface area contributed by atoms with Crippen molar-refractivity contribution in [3.63, 3.8) is 0 Å². The average Bonchev–Trinajstić information content (AvgIpc) is 2.76. The molecule has 0 radical (unpaired) electrons. The molecule has 5 nitrogen and oxygen atoms in total. The molecule has 0 atom stereocenters. The van der Waals surface area contributed by atoms with Gasteiger partial charge in [-0.3, -0.25) is 4.79 Å². The Morgan fingerprint density at radius 1 is 1.04 bits per heavy atom. The third-order valence-electron chi connectivity index (χ3n) is 5.98. The van der Waals surface area contributed by atoms with Crippen molar-refractivity contribution in [3.8, 4) is 16.9 Å². The van der Waals surface area contributed by atoms with E-state index in [1.807, 2.05) is 53.4 Å². The van der Waals surface area contributed by atoms with E-state index in [-0.39, 0.29) is 11.5 Å². The quantitative estimate of drug-likeness (QED) is 0.819. The molecule has 2 aliphatic heterocycles. The maximum absolute atomic E-state index is 13.1. The molecule has 2 aliphatic rings. The van der Waals surface area contributed by atoms with E-state index in [1.54, 1.807) is 7.11 Å². The predicted octanol–water partition coefficient (Wildman–Crippen LogP) is 3.30. The van der Waals surface area contributed by atoms with Crippen LogP contribution in [-0.2, 0) is 4.74 Å². The van der Waals surface area contributed by atoms with Crippen LogP contribution in [0.25, 0.3) is 11.1 Å². The van der Waals surface area contributed by atoms with Gasteiger partial charge in [-0.2, -0.15) is 0 Å². The second-order valence-electron chi connectivity index (χ2n) is 7.84. The first-order chi connectivity index (χ1) is 13.6. The highest BCUT2D eigenvalue weighted by atomic mass is 16.5. The second-order valence-corrected chi connectivity index (χ2v) is 7.84. The number of piperidine rings is 1. The molecule has 2 heterocycles. The van der Waals surface area contributed by atoms with Crippen LogP contribution in [0, 0.1) is 0 Å². The molecular weight excluding hydrogens is 352 g/mol. The van der Waals surface area contributed by atoms with Crippen molar-refractivity contribution in [1.82, 2.24) is 9.80 Å². The van der Waals surface area contributed by atoms with Gasteiger partial charge < -0.3 is 19.3 Å². The van der Waals surface area contributed by atoms with Crippen molar-refractivity contribution in [1.29, 1.82) is 0 Å². The lowest BCUT2D eigenvalue weighted by Crippen LogP contribution is -2.57. The van der Waals surface area contributed by atoms with Crippen LogP contribution in [0.1, 0.15) is 23.2 Å². The van der Waals surface area contributed by atoms with Gasteiger partial charge in [-0.15, -0.1) is 0 Å². The molecule has 0 unspecified atom stereocenters. The number of hydrogen-bond acceptors (Lipinski definition) is 4. The minimum Gasteiger partial charge on any atom is -0.496 e. The fraction of sp³-hybridized carbons (Fsp3) is 0.435. The Morgan fingerprint density at radius 2 is 1.75 bits per heavy atom. The number of rotatable bonds is 3. The third kappa shape index (κ3) is 3.77. The van der Waals surface area contributed by atoms with Gasteiger partial charge in [0, 0.05) is 30.8 Å². The summed E-state index contributed by atoms with van der Waals surface area (Å²) < 4.78 is 11.6. The molecule has 1 spiro atoms. The number of carbonyl (C=O) groups is 1. The number of para-hydroxylation sites is 1. The lowest BCUT2D eigenvalue weighted by atomic mass is 9.89. The molecule has 2 saturated heterocycles. The number of likely N-dealkylation sites (tertiary alicyclic amines) is 1. The maximum atomic E-state index is 13.1. The summed E-state index contributed by atoms with van der Waals surface area (Å²) >= 11 is 0. The van der Waals surface area contributed by atoms with Gasteiger partial charge in [0.1, 0.15) is 5.75 Å². The average molecular weight is 380 g/mol. The third-order valence-corrected chi connectivity index (χ3v) is 5.98. The van der Waals surface area contributed by atoms with Crippen molar-refractivity contribution in [2.75, 3.05) is 46.9 Å². The van der Waals surface area contributed by atoms with Gasteiger partial charge in [-0.1, -0.05) is 30.3 Å². The number of hydrogen-bond donors (Lipinski definition) is 0. The van der Waals surface area contributed by atoms with Crippen molar-refractivity contribution in [2.24, 2.45) is 0 Å². The van der Waals surface area contributed by atoms with Gasteiger partial charge in [0.25, 0.3) is 5.91 Å². The smallest absolute Gasteiger partial charge is 0.254 e. The summed E-state index contributed by atoms with van der Waals surface area (Å²) in [6.07, 6.45) is 1.97. The molecule has 2 aromatic rings. The molecule has 4 rings (SSSR count). The highest BCUT2D eigenvalue weighted by Gasteiger charge is 2.40. The standard InChI is InChI=1S/C23H28N2O3/c1-24-13-11-23(12-14-24)17-25(15-16-28-23)22(26)19-9-7-18(8-10-19)20-5-3-4-6-21(20)27-2/h3-10H,11-17H2,1-2H3. The van der Waals surface area contributed by atoms with E-state index in [2.05, 4.69) is 11.9 Å². The molecule has 5 heteroatoms. The minimum absolute atomic E-state index is 0.0909. The van der Waals surface area contributed by atoms with Crippen LogP contribution in [-0.4, -0.2) is 68.3 Å². The van der Waals surface area contributed by atoms with Gasteiger partial charge in [0.15, 0.2) is 0 Å². The van der Waals surface area contributed by atoms with E-state index in [9.17, 15) is 4.79 Å². The molecular formula is C23H28N2O3. The van der Waals surface area contributed by atoms with Gasteiger partial charge in [-0.05, 0) is 43.7 Å². The second kappa shape index (κ2) is 7.94. The van der Waals surface area contributed by atoms with Gasteiger partial charge in [0.05, 0.1) is 25.9 Å². The van der Waals surface area contributed by atoms with E-state index >= 15 is 0 Å². The van der Waals surface area contributed by atoms with E-state index in [4.69, 9.17) is 9.47 Å².